The van der Waals surface area contributed by atoms with E-state index in [4.69, 9.17) is 0 Å². The largest absolute Gasteiger partial charge is 0.320 e. The number of hydrogen-bond acceptors (Lipinski definition) is 4. The van der Waals surface area contributed by atoms with E-state index in [0.717, 1.165) is 19.6 Å². The van der Waals surface area contributed by atoms with E-state index in [0.29, 0.717) is 6.17 Å². The Labute approximate surface area is 88.4 Å². The summed E-state index contributed by atoms with van der Waals surface area (Å²) in [7, 11) is 8.18. The third kappa shape index (κ3) is 6.32. The van der Waals surface area contributed by atoms with Crippen LogP contribution in [0.15, 0.2) is 0 Å². The van der Waals surface area contributed by atoms with E-state index in [1.165, 1.54) is 12.8 Å². The van der Waals surface area contributed by atoms with Gasteiger partial charge in [-0.2, -0.15) is 0 Å². The maximum absolute atomic E-state index is 3.34. The first-order valence-electron chi connectivity index (χ1n) is 5.43. The zero-order valence-corrected chi connectivity index (χ0v) is 10.1. The monoisotopic (exact) mass is 202 g/mol. The van der Waals surface area contributed by atoms with Gasteiger partial charge in [0.1, 0.15) is 0 Å². The fourth-order valence-electron chi connectivity index (χ4n) is 1.50. The highest BCUT2D eigenvalue weighted by Crippen LogP contribution is 2.00. The highest BCUT2D eigenvalue weighted by atomic mass is 15.2. The van der Waals surface area contributed by atoms with Crippen LogP contribution >= 0.6 is 0 Å². The van der Waals surface area contributed by atoms with Gasteiger partial charge in [-0.25, -0.2) is 0 Å². The van der Waals surface area contributed by atoms with Gasteiger partial charge in [-0.3, -0.25) is 4.90 Å². The Bertz CT molecular complexity index is 119. The zero-order valence-electron chi connectivity index (χ0n) is 10.1. The summed E-state index contributed by atoms with van der Waals surface area (Å²) < 4.78 is 0. The molecule has 0 aliphatic heterocycles. The molecule has 0 aromatic heterocycles. The molecule has 0 radical (unpaired) electrons. The molecule has 0 bridgehead atoms. The van der Waals surface area contributed by atoms with Crippen molar-refractivity contribution in [1.82, 2.24) is 20.9 Å². The average Bonchev–Trinajstić information content (AvgIpc) is 2.21. The highest BCUT2D eigenvalue weighted by molar-refractivity contribution is 4.65. The lowest BCUT2D eigenvalue weighted by Gasteiger charge is -2.27. The summed E-state index contributed by atoms with van der Waals surface area (Å²) in [4.78, 5) is 2.35. The molecule has 86 valence electrons. The standard InChI is InChI=1S/C10H26N4/c1-11-7-5-6-10(13-3)14(4)9-8-12-2/h10-13H,5-9H2,1-4H3. The van der Waals surface area contributed by atoms with E-state index in [-0.39, 0.29) is 0 Å². The second kappa shape index (κ2) is 9.40. The first kappa shape index (κ1) is 13.8. The molecule has 0 spiro atoms. The van der Waals surface area contributed by atoms with Crippen LogP contribution < -0.4 is 16.0 Å². The fraction of sp³-hybridized carbons (Fsp3) is 1.00. The van der Waals surface area contributed by atoms with E-state index in [1.54, 1.807) is 0 Å². The van der Waals surface area contributed by atoms with Gasteiger partial charge in [-0.05, 0) is 47.6 Å². The van der Waals surface area contributed by atoms with Crippen molar-refractivity contribution in [3.05, 3.63) is 0 Å². The average molecular weight is 202 g/mol. The topological polar surface area (TPSA) is 39.3 Å². The Morgan fingerprint density at radius 2 is 1.71 bits per heavy atom. The highest BCUT2D eigenvalue weighted by Gasteiger charge is 2.10. The Balaban J connectivity index is 3.62. The molecule has 3 N–H and O–H groups in total. The van der Waals surface area contributed by atoms with E-state index in [2.05, 4.69) is 27.9 Å². The zero-order chi connectivity index (χ0) is 10.8. The van der Waals surface area contributed by atoms with E-state index in [1.807, 2.05) is 21.1 Å². The SMILES string of the molecule is CNCCCC(NC)N(C)CCNC. The van der Waals surface area contributed by atoms with Crippen molar-refractivity contribution >= 4 is 0 Å². The Kier molecular flexibility index (Phi) is 9.29. The van der Waals surface area contributed by atoms with Crippen molar-refractivity contribution in [3.8, 4) is 0 Å². The predicted octanol–water partition coefficient (Wildman–Crippen LogP) is -0.317. The molecule has 0 rings (SSSR count). The summed E-state index contributed by atoms with van der Waals surface area (Å²) in [5.41, 5.74) is 0. The molecule has 0 saturated heterocycles. The van der Waals surface area contributed by atoms with Gasteiger partial charge in [0, 0.05) is 13.1 Å². The molecule has 1 atom stereocenters. The van der Waals surface area contributed by atoms with Crippen LogP contribution in [0.2, 0.25) is 0 Å². The molecule has 0 heterocycles. The minimum Gasteiger partial charge on any atom is -0.320 e. The molecule has 0 saturated carbocycles. The summed E-state index contributed by atoms with van der Waals surface area (Å²) in [5, 5.41) is 9.67. The number of rotatable bonds is 9. The van der Waals surface area contributed by atoms with E-state index in [9.17, 15) is 0 Å². The van der Waals surface area contributed by atoms with Crippen LogP contribution in [0.4, 0.5) is 0 Å². The maximum atomic E-state index is 3.34. The van der Waals surface area contributed by atoms with Crippen LogP contribution in [0, 0.1) is 0 Å². The van der Waals surface area contributed by atoms with Crippen LogP contribution in [0.5, 0.6) is 0 Å². The summed E-state index contributed by atoms with van der Waals surface area (Å²) in [6, 6.07) is 0. The van der Waals surface area contributed by atoms with Crippen molar-refractivity contribution in [2.75, 3.05) is 47.8 Å². The van der Waals surface area contributed by atoms with Crippen LogP contribution in [0.25, 0.3) is 0 Å². The van der Waals surface area contributed by atoms with Crippen molar-refractivity contribution in [1.29, 1.82) is 0 Å². The minimum atomic E-state index is 0.497. The molecule has 0 aliphatic carbocycles. The van der Waals surface area contributed by atoms with Crippen molar-refractivity contribution in [3.63, 3.8) is 0 Å². The van der Waals surface area contributed by atoms with Gasteiger partial charge in [0.25, 0.3) is 0 Å². The molecule has 0 aromatic carbocycles. The summed E-state index contributed by atoms with van der Waals surface area (Å²) >= 11 is 0. The summed E-state index contributed by atoms with van der Waals surface area (Å²) in [6.45, 7) is 3.22. The lowest BCUT2D eigenvalue weighted by molar-refractivity contribution is 0.201. The maximum Gasteiger partial charge on any atom is 0.0592 e. The van der Waals surface area contributed by atoms with Gasteiger partial charge in [0.15, 0.2) is 0 Å². The smallest absolute Gasteiger partial charge is 0.0592 e. The summed E-state index contributed by atoms with van der Waals surface area (Å²) in [6.07, 6.45) is 2.90. The number of nitrogens with zero attached hydrogens (tertiary/aromatic N) is 1. The molecule has 0 amide bonds. The normalized spacial score (nSPS) is 13.5. The van der Waals surface area contributed by atoms with Gasteiger partial charge in [0.05, 0.1) is 6.17 Å². The first-order valence-corrected chi connectivity index (χ1v) is 5.43. The van der Waals surface area contributed by atoms with E-state index < -0.39 is 0 Å². The Morgan fingerprint density at radius 1 is 1.07 bits per heavy atom. The third-order valence-corrected chi connectivity index (χ3v) is 2.48. The van der Waals surface area contributed by atoms with Crippen molar-refractivity contribution in [2.24, 2.45) is 0 Å². The van der Waals surface area contributed by atoms with Crippen LogP contribution in [-0.2, 0) is 0 Å². The fourth-order valence-corrected chi connectivity index (χ4v) is 1.50. The van der Waals surface area contributed by atoms with Gasteiger partial charge in [0.2, 0.25) is 0 Å². The molecule has 0 aliphatic rings. The van der Waals surface area contributed by atoms with Gasteiger partial charge >= 0.3 is 0 Å². The lowest BCUT2D eigenvalue weighted by Crippen LogP contribution is -2.44. The lowest BCUT2D eigenvalue weighted by atomic mass is 10.2. The predicted molar refractivity (Wildman–Crippen MR) is 62.6 cm³/mol. The molecule has 4 heteroatoms. The van der Waals surface area contributed by atoms with E-state index >= 15 is 0 Å². The number of likely N-dealkylation sites (N-methyl/N-ethyl adjacent to an activating group) is 2. The van der Waals surface area contributed by atoms with Gasteiger partial charge in [-0.1, -0.05) is 0 Å². The first-order chi connectivity index (χ1) is 6.76. The quantitative estimate of drug-likeness (QED) is 0.354. The number of nitrogens with one attached hydrogen (secondary N) is 3. The molecule has 4 nitrogen and oxygen atoms in total. The molecular weight excluding hydrogens is 176 g/mol. The second-order valence-corrected chi connectivity index (χ2v) is 3.63. The molecular formula is C10H26N4. The number of hydrogen-bond donors (Lipinski definition) is 3. The minimum absolute atomic E-state index is 0.497. The molecule has 0 fully saturated rings. The summed E-state index contributed by atoms with van der Waals surface area (Å²) in [5.74, 6) is 0. The Morgan fingerprint density at radius 3 is 2.21 bits per heavy atom. The van der Waals surface area contributed by atoms with Crippen molar-refractivity contribution in [2.45, 2.75) is 19.0 Å². The van der Waals surface area contributed by atoms with Crippen LogP contribution in [0.3, 0.4) is 0 Å². The second-order valence-electron chi connectivity index (χ2n) is 3.63. The van der Waals surface area contributed by atoms with Gasteiger partial charge < -0.3 is 16.0 Å². The molecule has 0 aromatic rings. The van der Waals surface area contributed by atoms with Crippen LogP contribution in [-0.4, -0.2) is 58.9 Å². The molecule has 1 unspecified atom stereocenters. The Hall–Kier alpha value is -0.160. The van der Waals surface area contributed by atoms with Crippen molar-refractivity contribution < 1.29 is 0 Å². The van der Waals surface area contributed by atoms with Crippen LogP contribution in [0.1, 0.15) is 12.8 Å². The van der Waals surface area contributed by atoms with Gasteiger partial charge in [-0.15, -0.1) is 0 Å². The molecule has 14 heavy (non-hydrogen) atoms. The third-order valence-electron chi connectivity index (χ3n) is 2.48.